The number of hydrogen-bond acceptors (Lipinski definition) is 3. The van der Waals surface area contributed by atoms with Gasteiger partial charge >= 0.3 is 0 Å². The first kappa shape index (κ1) is 15.5. The van der Waals surface area contributed by atoms with Crippen LogP contribution in [0, 0.1) is 0 Å². The summed E-state index contributed by atoms with van der Waals surface area (Å²) in [5, 5.41) is 0. The van der Waals surface area contributed by atoms with Crippen LogP contribution >= 0.6 is 15.9 Å². The van der Waals surface area contributed by atoms with Crippen molar-refractivity contribution >= 4 is 31.6 Å². The Labute approximate surface area is 117 Å². The Kier molecular flexibility index (Phi) is 6.11. The molecule has 0 saturated heterocycles. The maximum atomic E-state index is 11.8. The molecule has 0 amide bonds. The fourth-order valence-electron chi connectivity index (χ4n) is 1.47. The normalized spacial score (nSPS) is 13.3. The third-order valence-electron chi connectivity index (χ3n) is 2.36. The lowest BCUT2D eigenvalue weighted by Crippen LogP contribution is -2.21. The van der Waals surface area contributed by atoms with Crippen LogP contribution in [0.4, 0.5) is 5.69 Å². The number of alkyl halides is 1. The van der Waals surface area contributed by atoms with Crippen molar-refractivity contribution in [3.8, 4) is 0 Å². The molecular weight excluding hydrogens is 318 g/mol. The number of benzene rings is 1. The molecule has 0 spiro atoms. The van der Waals surface area contributed by atoms with Crippen molar-refractivity contribution in [2.24, 2.45) is 0 Å². The highest BCUT2D eigenvalue weighted by atomic mass is 79.9. The number of hydrogen-bond donors (Lipinski definition) is 1. The second-order valence-electron chi connectivity index (χ2n) is 3.82. The van der Waals surface area contributed by atoms with E-state index >= 15 is 0 Å². The number of nitrogens with one attached hydrogen (secondary N) is 1. The average Bonchev–Trinajstić information content (AvgIpc) is 2.29. The third kappa shape index (κ3) is 4.96. The topological polar surface area (TPSA) is 55.4 Å². The SMILES string of the molecule is CCOCCS(=O)(=O)Nc1ccccc1C(C)Br. The van der Waals surface area contributed by atoms with Crippen LogP contribution in [0.2, 0.25) is 0 Å². The largest absolute Gasteiger partial charge is 0.381 e. The van der Waals surface area contributed by atoms with Crippen LogP contribution in [0.15, 0.2) is 24.3 Å². The molecule has 1 aromatic carbocycles. The van der Waals surface area contributed by atoms with Gasteiger partial charge in [0.05, 0.1) is 18.0 Å². The Bertz CT molecular complexity index is 474. The molecule has 4 nitrogen and oxygen atoms in total. The Morgan fingerprint density at radius 1 is 1.39 bits per heavy atom. The predicted octanol–water partition coefficient (Wildman–Crippen LogP) is 2.92. The third-order valence-corrected chi connectivity index (χ3v) is 4.08. The van der Waals surface area contributed by atoms with Crippen LogP contribution in [-0.4, -0.2) is 27.4 Å². The van der Waals surface area contributed by atoms with Crippen LogP contribution in [-0.2, 0) is 14.8 Å². The second kappa shape index (κ2) is 7.11. The Balaban J connectivity index is 2.78. The van der Waals surface area contributed by atoms with E-state index in [1.165, 1.54) is 0 Å². The highest BCUT2D eigenvalue weighted by Gasteiger charge is 2.14. The molecule has 18 heavy (non-hydrogen) atoms. The summed E-state index contributed by atoms with van der Waals surface area (Å²) in [6, 6.07) is 7.33. The lowest BCUT2D eigenvalue weighted by molar-refractivity contribution is 0.163. The lowest BCUT2D eigenvalue weighted by atomic mass is 10.1. The van der Waals surface area contributed by atoms with Gasteiger partial charge in [-0.25, -0.2) is 8.42 Å². The van der Waals surface area contributed by atoms with Crippen molar-refractivity contribution in [1.29, 1.82) is 0 Å². The van der Waals surface area contributed by atoms with Gasteiger partial charge in [0, 0.05) is 11.4 Å². The molecule has 1 N–H and O–H groups in total. The first-order valence-corrected chi connectivity index (χ1v) is 8.34. The number of ether oxygens (including phenoxy) is 1. The lowest BCUT2D eigenvalue weighted by Gasteiger charge is -2.13. The van der Waals surface area contributed by atoms with Crippen molar-refractivity contribution in [1.82, 2.24) is 0 Å². The summed E-state index contributed by atoms with van der Waals surface area (Å²) in [4.78, 5) is 0.0864. The van der Waals surface area contributed by atoms with Crippen molar-refractivity contribution in [3.05, 3.63) is 29.8 Å². The molecule has 1 atom stereocenters. The summed E-state index contributed by atoms with van der Waals surface area (Å²) in [5.41, 5.74) is 1.52. The smallest absolute Gasteiger partial charge is 0.235 e. The van der Waals surface area contributed by atoms with Crippen LogP contribution in [0.3, 0.4) is 0 Å². The maximum Gasteiger partial charge on any atom is 0.235 e. The average molecular weight is 336 g/mol. The van der Waals surface area contributed by atoms with Crippen LogP contribution < -0.4 is 4.72 Å². The standard InChI is InChI=1S/C12H18BrNO3S/c1-3-17-8-9-18(15,16)14-12-7-5-4-6-11(12)10(2)13/h4-7,10,14H,3,8-9H2,1-2H3. The van der Waals surface area contributed by atoms with Crippen LogP contribution in [0.5, 0.6) is 0 Å². The molecule has 0 aromatic heterocycles. The van der Waals surface area contributed by atoms with E-state index in [0.29, 0.717) is 12.3 Å². The Morgan fingerprint density at radius 2 is 2.06 bits per heavy atom. The summed E-state index contributed by atoms with van der Waals surface area (Å²) in [7, 11) is -3.36. The highest BCUT2D eigenvalue weighted by molar-refractivity contribution is 9.09. The van der Waals surface area contributed by atoms with Crippen molar-refractivity contribution in [2.75, 3.05) is 23.7 Å². The van der Waals surface area contributed by atoms with E-state index in [-0.39, 0.29) is 17.2 Å². The minimum atomic E-state index is -3.36. The number of anilines is 1. The van der Waals surface area contributed by atoms with E-state index in [4.69, 9.17) is 4.74 Å². The molecule has 0 radical (unpaired) electrons. The number of rotatable bonds is 7. The Hall–Kier alpha value is -0.590. The zero-order valence-electron chi connectivity index (χ0n) is 10.5. The molecule has 0 fully saturated rings. The van der Waals surface area contributed by atoms with Crippen LogP contribution in [0.25, 0.3) is 0 Å². The van der Waals surface area contributed by atoms with E-state index in [2.05, 4.69) is 20.7 Å². The van der Waals surface area contributed by atoms with Gasteiger partial charge in [0.15, 0.2) is 0 Å². The summed E-state index contributed by atoms with van der Waals surface area (Å²) in [6.07, 6.45) is 0. The van der Waals surface area contributed by atoms with Gasteiger partial charge in [-0.05, 0) is 25.5 Å². The Morgan fingerprint density at radius 3 is 2.67 bits per heavy atom. The molecule has 0 aliphatic carbocycles. The van der Waals surface area contributed by atoms with Gasteiger partial charge in [-0.15, -0.1) is 0 Å². The predicted molar refractivity (Wildman–Crippen MR) is 77.7 cm³/mol. The fraction of sp³-hybridized carbons (Fsp3) is 0.500. The first-order valence-electron chi connectivity index (χ1n) is 5.77. The first-order chi connectivity index (χ1) is 8.46. The van der Waals surface area contributed by atoms with Gasteiger partial charge < -0.3 is 4.74 Å². The summed E-state index contributed by atoms with van der Waals surface area (Å²) < 4.78 is 31.3. The van der Waals surface area contributed by atoms with Gasteiger partial charge in [0.1, 0.15) is 0 Å². The molecule has 1 unspecified atom stereocenters. The van der Waals surface area contributed by atoms with E-state index in [9.17, 15) is 8.42 Å². The minimum Gasteiger partial charge on any atom is -0.381 e. The van der Waals surface area contributed by atoms with E-state index in [0.717, 1.165) is 5.56 Å². The molecule has 1 rings (SSSR count). The quantitative estimate of drug-likeness (QED) is 0.615. The van der Waals surface area contributed by atoms with Crippen molar-refractivity contribution in [3.63, 3.8) is 0 Å². The molecular formula is C12H18BrNO3S. The zero-order valence-corrected chi connectivity index (χ0v) is 12.9. The zero-order chi connectivity index (χ0) is 13.6. The molecule has 0 saturated carbocycles. The van der Waals surface area contributed by atoms with Crippen molar-refractivity contribution in [2.45, 2.75) is 18.7 Å². The molecule has 6 heteroatoms. The number of para-hydroxylation sites is 1. The van der Waals surface area contributed by atoms with E-state index in [1.54, 1.807) is 12.1 Å². The summed E-state index contributed by atoms with van der Waals surface area (Å²) in [5.74, 6) is -0.0359. The molecule has 0 bridgehead atoms. The van der Waals surface area contributed by atoms with Gasteiger partial charge in [-0.3, -0.25) is 4.72 Å². The number of sulfonamides is 1. The monoisotopic (exact) mass is 335 g/mol. The second-order valence-corrected chi connectivity index (χ2v) is 7.04. The molecule has 0 aliphatic rings. The van der Waals surface area contributed by atoms with E-state index in [1.807, 2.05) is 26.0 Å². The molecule has 0 aliphatic heterocycles. The van der Waals surface area contributed by atoms with Crippen LogP contribution in [0.1, 0.15) is 24.2 Å². The van der Waals surface area contributed by atoms with Gasteiger partial charge in [-0.1, -0.05) is 34.1 Å². The van der Waals surface area contributed by atoms with Gasteiger partial charge in [-0.2, -0.15) is 0 Å². The summed E-state index contributed by atoms with van der Waals surface area (Å²) in [6.45, 7) is 4.51. The number of halogens is 1. The summed E-state index contributed by atoms with van der Waals surface area (Å²) >= 11 is 3.45. The molecule has 1 aromatic rings. The molecule has 102 valence electrons. The maximum absolute atomic E-state index is 11.8. The van der Waals surface area contributed by atoms with E-state index < -0.39 is 10.0 Å². The van der Waals surface area contributed by atoms with Gasteiger partial charge in [0.2, 0.25) is 10.0 Å². The van der Waals surface area contributed by atoms with Gasteiger partial charge in [0.25, 0.3) is 0 Å². The minimum absolute atomic E-state index is 0.0359. The fourth-order valence-corrected chi connectivity index (χ4v) is 2.83. The van der Waals surface area contributed by atoms with Crippen molar-refractivity contribution < 1.29 is 13.2 Å². The highest BCUT2D eigenvalue weighted by Crippen LogP contribution is 2.29. The molecule has 0 heterocycles.